The number of primary sulfonamides is 1. The third kappa shape index (κ3) is 1.87. The molecule has 0 saturated heterocycles. The van der Waals surface area contributed by atoms with E-state index in [1.165, 1.54) is 12.3 Å². The Morgan fingerprint density at radius 2 is 2.08 bits per heavy atom. The Hall–Kier alpha value is -0.940. The van der Waals surface area contributed by atoms with Crippen molar-refractivity contribution in [3.8, 4) is 0 Å². The number of nitrogens with zero attached hydrogens (tertiary/aromatic N) is 1. The van der Waals surface area contributed by atoms with E-state index >= 15 is 0 Å². The van der Waals surface area contributed by atoms with Gasteiger partial charge in [-0.05, 0) is 25.0 Å². The largest absolute Gasteiger partial charge is 0.260 e. The summed E-state index contributed by atoms with van der Waals surface area (Å²) in [5, 5.41) is 4.93. The van der Waals surface area contributed by atoms with E-state index in [1.807, 2.05) is 0 Å². The van der Waals surface area contributed by atoms with Gasteiger partial charge in [0, 0.05) is 17.8 Å². The third-order valence-corrected chi connectivity index (χ3v) is 2.98. The summed E-state index contributed by atoms with van der Waals surface area (Å²) in [5.41, 5.74) is 0.965. The van der Waals surface area contributed by atoms with E-state index in [2.05, 4.69) is 4.98 Å². The van der Waals surface area contributed by atoms with Crippen molar-refractivity contribution in [3.05, 3.63) is 24.0 Å². The van der Waals surface area contributed by atoms with Crippen LogP contribution in [0, 0.1) is 0 Å². The van der Waals surface area contributed by atoms with Crippen molar-refractivity contribution >= 4 is 10.0 Å². The molecule has 13 heavy (non-hydrogen) atoms. The zero-order valence-electron chi connectivity index (χ0n) is 6.97. The molecule has 70 valence electrons. The fourth-order valence-corrected chi connectivity index (χ4v) is 1.64. The van der Waals surface area contributed by atoms with Gasteiger partial charge in [0.15, 0.2) is 0 Å². The van der Waals surface area contributed by atoms with E-state index < -0.39 is 10.0 Å². The second kappa shape index (κ2) is 2.78. The number of rotatable bonds is 2. The van der Waals surface area contributed by atoms with Crippen molar-refractivity contribution < 1.29 is 8.42 Å². The lowest BCUT2D eigenvalue weighted by Crippen LogP contribution is -2.12. The Morgan fingerprint density at radius 1 is 1.38 bits per heavy atom. The molecule has 0 spiro atoms. The smallest absolute Gasteiger partial charge is 0.239 e. The lowest BCUT2D eigenvalue weighted by molar-refractivity contribution is 0.597. The molecule has 0 radical (unpaired) electrons. The van der Waals surface area contributed by atoms with Crippen LogP contribution in [0.5, 0.6) is 0 Å². The molecule has 1 aromatic heterocycles. The summed E-state index contributed by atoms with van der Waals surface area (Å²) in [4.78, 5) is 4.13. The molecule has 4 nitrogen and oxygen atoms in total. The van der Waals surface area contributed by atoms with Crippen LogP contribution in [0.3, 0.4) is 0 Å². The van der Waals surface area contributed by atoms with Crippen LogP contribution in [-0.2, 0) is 10.0 Å². The average molecular weight is 198 g/mol. The molecule has 1 heterocycles. The van der Waals surface area contributed by atoms with Gasteiger partial charge in [0.1, 0.15) is 4.90 Å². The molecule has 1 aromatic rings. The van der Waals surface area contributed by atoms with Crippen LogP contribution < -0.4 is 5.14 Å². The van der Waals surface area contributed by atoms with Crippen LogP contribution in [0.15, 0.2) is 23.2 Å². The van der Waals surface area contributed by atoms with Gasteiger partial charge in [-0.15, -0.1) is 0 Å². The molecule has 0 aromatic carbocycles. The van der Waals surface area contributed by atoms with Gasteiger partial charge in [0.25, 0.3) is 0 Å². The fourth-order valence-electron chi connectivity index (χ4n) is 1.18. The molecule has 1 aliphatic rings. The van der Waals surface area contributed by atoms with Crippen LogP contribution in [0.1, 0.15) is 24.5 Å². The molecule has 0 aliphatic heterocycles. The summed E-state index contributed by atoms with van der Waals surface area (Å²) in [6.45, 7) is 0. The summed E-state index contributed by atoms with van der Waals surface area (Å²) in [5.74, 6) is 0.537. The van der Waals surface area contributed by atoms with Gasteiger partial charge in [-0.1, -0.05) is 0 Å². The zero-order valence-corrected chi connectivity index (χ0v) is 7.79. The quantitative estimate of drug-likeness (QED) is 0.756. The highest BCUT2D eigenvalue weighted by Gasteiger charge is 2.24. The molecule has 1 aliphatic carbocycles. The SMILES string of the molecule is NS(=O)(=O)c1ccc(C2CC2)nc1. The van der Waals surface area contributed by atoms with Crippen molar-refractivity contribution in [1.29, 1.82) is 0 Å². The first-order valence-corrected chi connectivity index (χ1v) is 5.61. The predicted octanol–water partition coefficient (Wildman–Crippen LogP) is 0.606. The molecule has 1 fully saturated rings. The van der Waals surface area contributed by atoms with Crippen LogP contribution in [0.2, 0.25) is 0 Å². The second-order valence-corrected chi connectivity index (χ2v) is 4.80. The molecule has 0 bridgehead atoms. The van der Waals surface area contributed by atoms with Gasteiger partial charge >= 0.3 is 0 Å². The number of hydrogen-bond donors (Lipinski definition) is 1. The summed E-state index contributed by atoms with van der Waals surface area (Å²) >= 11 is 0. The third-order valence-electron chi connectivity index (χ3n) is 2.08. The first-order chi connectivity index (χ1) is 6.07. The number of hydrogen-bond acceptors (Lipinski definition) is 3. The predicted molar refractivity (Wildman–Crippen MR) is 47.6 cm³/mol. The molecular formula is C8H10N2O2S. The van der Waals surface area contributed by atoms with Gasteiger partial charge in [-0.3, -0.25) is 4.98 Å². The lowest BCUT2D eigenvalue weighted by atomic mass is 10.2. The molecule has 2 rings (SSSR count). The summed E-state index contributed by atoms with van der Waals surface area (Å²) in [6, 6.07) is 3.24. The Bertz CT molecular complexity index is 406. The maximum absolute atomic E-state index is 10.9. The van der Waals surface area contributed by atoms with E-state index in [1.54, 1.807) is 6.07 Å². The van der Waals surface area contributed by atoms with Crippen LogP contribution in [0.4, 0.5) is 0 Å². The normalized spacial score (nSPS) is 17.3. The van der Waals surface area contributed by atoms with E-state index in [9.17, 15) is 8.42 Å². The fraction of sp³-hybridized carbons (Fsp3) is 0.375. The van der Waals surface area contributed by atoms with Gasteiger partial charge in [-0.2, -0.15) is 0 Å². The Labute approximate surface area is 76.8 Å². The first-order valence-electron chi connectivity index (χ1n) is 4.06. The lowest BCUT2D eigenvalue weighted by Gasteiger charge is -1.99. The Kier molecular flexibility index (Phi) is 1.85. The van der Waals surface area contributed by atoms with Crippen molar-refractivity contribution in [1.82, 2.24) is 4.98 Å². The van der Waals surface area contributed by atoms with E-state index in [4.69, 9.17) is 5.14 Å². The van der Waals surface area contributed by atoms with Gasteiger partial charge < -0.3 is 0 Å². The average Bonchev–Trinajstić information content (AvgIpc) is 2.85. The zero-order chi connectivity index (χ0) is 9.47. The topological polar surface area (TPSA) is 73.1 Å². The summed E-state index contributed by atoms with van der Waals surface area (Å²) in [6.07, 6.45) is 3.63. The summed E-state index contributed by atoms with van der Waals surface area (Å²) in [7, 11) is -3.59. The van der Waals surface area contributed by atoms with Crippen molar-refractivity contribution in [2.45, 2.75) is 23.7 Å². The number of aromatic nitrogens is 1. The van der Waals surface area contributed by atoms with Crippen molar-refractivity contribution in [2.75, 3.05) is 0 Å². The molecule has 1 saturated carbocycles. The van der Waals surface area contributed by atoms with E-state index in [0.717, 1.165) is 18.5 Å². The monoisotopic (exact) mass is 198 g/mol. The van der Waals surface area contributed by atoms with Gasteiger partial charge in [0.05, 0.1) is 0 Å². The van der Waals surface area contributed by atoms with E-state index in [0.29, 0.717) is 5.92 Å². The van der Waals surface area contributed by atoms with Crippen LogP contribution >= 0.6 is 0 Å². The highest BCUT2D eigenvalue weighted by atomic mass is 32.2. The molecular weight excluding hydrogens is 188 g/mol. The van der Waals surface area contributed by atoms with Crippen molar-refractivity contribution in [2.24, 2.45) is 5.14 Å². The molecule has 5 heteroatoms. The minimum atomic E-state index is -3.59. The van der Waals surface area contributed by atoms with Gasteiger partial charge in [-0.25, -0.2) is 13.6 Å². The minimum absolute atomic E-state index is 0.0805. The highest BCUT2D eigenvalue weighted by Crippen LogP contribution is 2.38. The number of nitrogens with two attached hydrogens (primary N) is 1. The van der Waals surface area contributed by atoms with E-state index in [-0.39, 0.29) is 4.90 Å². The second-order valence-electron chi connectivity index (χ2n) is 3.24. The molecule has 0 amide bonds. The van der Waals surface area contributed by atoms with Crippen LogP contribution in [-0.4, -0.2) is 13.4 Å². The molecule has 0 unspecified atom stereocenters. The maximum Gasteiger partial charge on any atom is 0.239 e. The van der Waals surface area contributed by atoms with Gasteiger partial charge in [0.2, 0.25) is 10.0 Å². The van der Waals surface area contributed by atoms with Crippen LogP contribution in [0.25, 0.3) is 0 Å². The number of pyridine rings is 1. The highest BCUT2D eigenvalue weighted by molar-refractivity contribution is 7.89. The number of sulfonamides is 1. The Balaban J connectivity index is 2.33. The molecule has 2 N–H and O–H groups in total. The Morgan fingerprint density at radius 3 is 2.46 bits per heavy atom. The maximum atomic E-state index is 10.9. The summed E-state index contributed by atoms with van der Waals surface area (Å²) < 4.78 is 21.7. The first kappa shape index (κ1) is 8.65. The minimum Gasteiger partial charge on any atom is -0.260 e. The standard InChI is InChI=1S/C8H10N2O2S/c9-13(11,12)7-3-4-8(10-5-7)6-1-2-6/h3-6H,1-2H2,(H2,9,11,12). The molecule has 0 atom stereocenters. The van der Waals surface area contributed by atoms with Crippen molar-refractivity contribution in [3.63, 3.8) is 0 Å².